The van der Waals surface area contributed by atoms with E-state index in [1.807, 2.05) is 0 Å². The quantitative estimate of drug-likeness (QED) is 0.814. The molecule has 0 aromatic rings. The van der Waals surface area contributed by atoms with E-state index < -0.39 is 5.92 Å². The van der Waals surface area contributed by atoms with Crippen LogP contribution in [-0.4, -0.2) is 53.9 Å². The van der Waals surface area contributed by atoms with Gasteiger partial charge in [-0.25, -0.2) is 8.78 Å². The lowest BCUT2D eigenvalue weighted by atomic mass is 9.86. The predicted octanol–water partition coefficient (Wildman–Crippen LogP) is 1.34. The van der Waals surface area contributed by atoms with E-state index in [4.69, 9.17) is 0 Å². The normalized spacial score (nSPS) is 37.3. The van der Waals surface area contributed by atoms with E-state index in [9.17, 15) is 19.0 Å². The van der Waals surface area contributed by atoms with Gasteiger partial charge >= 0.3 is 0 Å². The Hall–Kier alpha value is -0.260. The van der Waals surface area contributed by atoms with Gasteiger partial charge in [0.15, 0.2) is 0 Å². The van der Waals surface area contributed by atoms with Crippen molar-refractivity contribution in [1.29, 1.82) is 0 Å². The van der Waals surface area contributed by atoms with Crippen LogP contribution < -0.4 is 0 Å². The number of piperidine rings is 1. The minimum absolute atomic E-state index is 0.0373. The second-order valence-corrected chi connectivity index (χ2v) is 6.78. The SMILES string of the molecule is OCC1(CO)C2CN(CC3CCC(F)(F)CC3)CC21. The zero-order valence-electron chi connectivity index (χ0n) is 11.2. The fraction of sp³-hybridized carbons (Fsp3) is 1.00. The highest BCUT2D eigenvalue weighted by atomic mass is 19.3. The maximum atomic E-state index is 13.1. The maximum Gasteiger partial charge on any atom is 0.248 e. The van der Waals surface area contributed by atoms with Gasteiger partial charge in [-0.15, -0.1) is 0 Å². The Balaban J connectivity index is 1.46. The fourth-order valence-electron chi connectivity index (χ4n) is 4.24. The Morgan fingerprint density at radius 1 is 1.00 bits per heavy atom. The molecule has 0 aromatic heterocycles. The van der Waals surface area contributed by atoms with Crippen molar-refractivity contribution >= 4 is 0 Å². The molecule has 1 saturated heterocycles. The van der Waals surface area contributed by atoms with E-state index in [1.54, 1.807) is 0 Å². The highest BCUT2D eigenvalue weighted by molar-refractivity contribution is 5.15. The van der Waals surface area contributed by atoms with Crippen molar-refractivity contribution in [2.24, 2.45) is 23.2 Å². The summed E-state index contributed by atoms with van der Waals surface area (Å²) >= 11 is 0. The molecule has 0 radical (unpaired) electrons. The number of likely N-dealkylation sites (tertiary alicyclic amines) is 1. The lowest BCUT2D eigenvalue weighted by molar-refractivity contribution is -0.0491. The van der Waals surface area contributed by atoms with Crippen molar-refractivity contribution in [2.45, 2.75) is 31.6 Å². The minimum Gasteiger partial charge on any atom is -0.396 e. The van der Waals surface area contributed by atoms with Crippen molar-refractivity contribution in [3.05, 3.63) is 0 Å². The van der Waals surface area contributed by atoms with Crippen molar-refractivity contribution in [3.8, 4) is 0 Å². The third-order valence-electron chi connectivity index (χ3n) is 5.71. The fourth-order valence-corrected chi connectivity index (χ4v) is 4.24. The number of aliphatic hydroxyl groups is 2. The Morgan fingerprint density at radius 2 is 1.53 bits per heavy atom. The van der Waals surface area contributed by atoms with Crippen molar-refractivity contribution in [2.75, 3.05) is 32.8 Å². The van der Waals surface area contributed by atoms with E-state index in [0.717, 1.165) is 19.6 Å². The molecule has 3 rings (SSSR count). The van der Waals surface area contributed by atoms with Gasteiger partial charge in [-0.1, -0.05) is 0 Å². The van der Waals surface area contributed by atoms with Gasteiger partial charge in [0.2, 0.25) is 5.92 Å². The Labute approximate surface area is 112 Å². The second kappa shape index (κ2) is 4.64. The molecule has 3 aliphatic rings. The molecule has 2 N–H and O–H groups in total. The third-order valence-corrected chi connectivity index (χ3v) is 5.71. The highest BCUT2D eigenvalue weighted by Crippen LogP contribution is 2.62. The molecular weight excluding hydrogens is 252 g/mol. The highest BCUT2D eigenvalue weighted by Gasteiger charge is 2.67. The van der Waals surface area contributed by atoms with Crippen molar-refractivity contribution < 1.29 is 19.0 Å². The molecule has 0 aromatic carbocycles. The lowest BCUT2D eigenvalue weighted by Crippen LogP contribution is -2.37. The predicted molar refractivity (Wildman–Crippen MR) is 66.9 cm³/mol. The average molecular weight is 275 g/mol. The van der Waals surface area contributed by atoms with Gasteiger partial charge in [0, 0.05) is 37.9 Å². The number of rotatable bonds is 4. The third kappa shape index (κ3) is 2.30. The molecule has 5 heteroatoms. The van der Waals surface area contributed by atoms with Crippen LogP contribution in [-0.2, 0) is 0 Å². The number of nitrogens with zero attached hydrogens (tertiary/aromatic N) is 1. The molecule has 2 aliphatic carbocycles. The Morgan fingerprint density at radius 3 is 2.00 bits per heavy atom. The van der Waals surface area contributed by atoms with Gasteiger partial charge < -0.3 is 15.1 Å². The standard InChI is InChI=1S/C14H23F2NO2/c15-14(16)3-1-10(2-4-14)5-17-6-11-12(7-17)13(11,8-18)9-19/h10-12,18-19H,1-9H2. The van der Waals surface area contributed by atoms with Gasteiger partial charge in [-0.2, -0.15) is 0 Å². The van der Waals surface area contributed by atoms with E-state index in [2.05, 4.69) is 4.90 Å². The van der Waals surface area contributed by atoms with Gasteiger partial charge in [-0.05, 0) is 30.6 Å². The van der Waals surface area contributed by atoms with E-state index in [0.29, 0.717) is 30.6 Å². The van der Waals surface area contributed by atoms with Crippen LogP contribution >= 0.6 is 0 Å². The van der Waals surface area contributed by atoms with Crippen LogP contribution in [0.15, 0.2) is 0 Å². The molecule has 3 nitrogen and oxygen atoms in total. The number of hydrogen-bond donors (Lipinski definition) is 2. The summed E-state index contributed by atoms with van der Waals surface area (Å²) in [5.41, 5.74) is -0.240. The Bertz CT molecular complexity index is 322. The van der Waals surface area contributed by atoms with Crippen LogP contribution in [0.2, 0.25) is 0 Å². The molecule has 0 spiro atoms. The van der Waals surface area contributed by atoms with Gasteiger partial charge in [0.25, 0.3) is 0 Å². The van der Waals surface area contributed by atoms with Crippen LogP contribution in [0.5, 0.6) is 0 Å². The number of hydrogen-bond acceptors (Lipinski definition) is 3. The number of aliphatic hydroxyl groups excluding tert-OH is 2. The van der Waals surface area contributed by atoms with Crippen LogP contribution in [0.1, 0.15) is 25.7 Å². The van der Waals surface area contributed by atoms with E-state index >= 15 is 0 Å². The molecule has 3 fully saturated rings. The first kappa shape index (κ1) is 13.7. The smallest absolute Gasteiger partial charge is 0.248 e. The Kier molecular flexibility index (Phi) is 3.35. The van der Waals surface area contributed by atoms with Crippen LogP contribution in [0.4, 0.5) is 8.78 Å². The molecule has 2 unspecified atom stereocenters. The lowest BCUT2D eigenvalue weighted by Gasteiger charge is -2.32. The van der Waals surface area contributed by atoms with Gasteiger partial charge in [0.05, 0.1) is 13.2 Å². The van der Waals surface area contributed by atoms with E-state index in [-0.39, 0.29) is 31.5 Å². The molecular formula is C14H23F2NO2. The molecule has 0 bridgehead atoms. The van der Waals surface area contributed by atoms with Crippen LogP contribution in [0.3, 0.4) is 0 Å². The number of alkyl halides is 2. The van der Waals surface area contributed by atoms with Gasteiger partial charge in [0.1, 0.15) is 0 Å². The summed E-state index contributed by atoms with van der Waals surface area (Å²) in [6, 6.07) is 0. The first-order chi connectivity index (χ1) is 9.01. The topological polar surface area (TPSA) is 43.7 Å². The average Bonchev–Trinajstić information content (AvgIpc) is 2.76. The summed E-state index contributed by atoms with van der Waals surface area (Å²) in [6.07, 6.45) is 1.33. The maximum absolute atomic E-state index is 13.1. The summed E-state index contributed by atoms with van der Waals surface area (Å²) in [5.74, 6) is -1.22. The molecule has 1 heterocycles. The molecule has 1 aliphatic heterocycles. The number of halogens is 2. The van der Waals surface area contributed by atoms with Crippen molar-refractivity contribution in [3.63, 3.8) is 0 Å². The zero-order chi connectivity index (χ0) is 13.7. The molecule has 0 amide bonds. The van der Waals surface area contributed by atoms with Gasteiger partial charge in [-0.3, -0.25) is 0 Å². The summed E-state index contributed by atoms with van der Waals surface area (Å²) in [4.78, 5) is 2.34. The first-order valence-electron chi connectivity index (χ1n) is 7.33. The summed E-state index contributed by atoms with van der Waals surface area (Å²) in [7, 11) is 0. The molecule has 2 saturated carbocycles. The van der Waals surface area contributed by atoms with Crippen molar-refractivity contribution in [1.82, 2.24) is 4.90 Å². The van der Waals surface area contributed by atoms with Crippen LogP contribution in [0.25, 0.3) is 0 Å². The molecule has 110 valence electrons. The van der Waals surface area contributed by atoms with E-state index in [1.165, 1.54) is 0 Å². The summed E-state index contributed by atoms with van der Waals surface area (Å²) in [5, 5.41) is 18.7. The number of fused-ring (bicyclic) bond motifs is 1. The largest absolute Gasteiger partial charge is 0.396 e. The molecule has 2 atom stereocenters. The minimum atomic E-state index is -2.44. The summed E-state index contributed by atoms with van der Waals surface area (Å²) in [6.45, 7) is 2.89. The zero-order valence-corrected chi connectivity index (χ0v) is 11.2. The van der Waals surface area contributed by atoms with Crippen LogP contribution in [0, 0.1) is 23.2 Å². The first-order valence-corrected chi connectivity index (χ1v) is 7.33. The second-order valence-electron chi connectivity index (χ2n) is 6.78. The summed E-state index contributed by atoms with van der Waals surface area (Å²) < 4.78 is 26.2. The monoisotopic (exact) mass is 275 g/mol. The molecule has 19 heavy (non-hydrogen) atoms.